The molecule has 0 aliphatic rings. The summed E-state index contributed by atoms with van der Waals surface area (Å²) >= 11 is 11.1. The number of ether oxygens (including phenoxy) is 1. The summed E-state index contributed by atoms with van der Waals surface area (Å²) in [5.74, 6) is -4.01. The molecule has 1 atom stereocenters. The van der Waals surface area contributed by atoms with Crippen LogP contribution in [0.2, 0.25) is 0 Å². The van der Waals surface area contributed by atoms with Gasteiger partial charge in [-0.15, -0.1) is 0 Å². The first kappa shape index (κ1) is 11.1. The lowest BCUT2D eigenvalue weighted by atomic mass is 10.2. The molecule has 72 valence electrons. The summed E-state index contributed by atoms with van der Waals surface area (Å²) in [6.45, 7) is 0. The van der Waals surface area contributed by atoms with Crippen LogP contribution in [0.1, 0.15) is 11.4 Å². The molecule has 0 bridgehead atoms. The fourth-order valence-electron chi connectivity index (χ4n) is 1.05. The number of halogens is 2. The standard InChI is InChI=1S/C8H9Cl2O2P/c1-12-8(13(9,10)11)7-5-3-2-4-6-7/h2-6,8H,1H3. The fraction of sp³-hybridized carbons (Fsp3) is 0.250. The van der Waals surface area contributed by atoms with Crippen LogP contribution >= 0.6 is 28.3 Å². The number of methoxy groups -OCH3 is 1. The van der Waals surface area contributed by atoms with Crippen molar-refractivity contribution >= 4 is 28.3 Å². The van der Waals surface area contributed by atoms with Crippen LogP contribution in [0.3, 0.4) is 0 Å². The van der Waals surface area contributed by atoms with E-state index in [9.17, 15) is 4.57 Å². The van der Waals surface area contributed by atoms with Crippen LogP contribution in [0.15, 0.2) is 30.3 Å². The Morgan fingerprint density at radius 3 is 2.23 bits per heavy atom. The lowest BCUT2D eigenvalue weighted by Crippen LogP contribution is -1.96. The zero-order chi connectivity index (χ0) is 9.90. The quantitative estimate of drug-likeness (QED) is 0.745. The van der Waals surface area contributed by atoms with Gasteiger partial charge in [-0.2, -0.15) is 0 Å². The Morgan fingerprint density at radius 2 is 1.85 bits per heavy atom. The predicted octanol–water partition coefficient (Wildman–Crippen LogP) is 4.00. The molecule has 0 aliphatic heterocycles. The maximum atomic E-state index is 11.4. The van der Waals surface area contributed by atoms with E-state index in [1.54, 1.807) is 12.1 Å². The first-order valence-electron chi connectivity index (χ1n) is 3.62. The zero-order valence-electron chi connectivity index (χ0n) is 6.98. The Bertz CT molecular complexity index is 309. The van der Waals surface area contributed by atoms with Crippen molar-refractivity contribution in [2.75, 3.05) is 7.11 Å². The van der Waals surface area contributed by atoms with Crippen LogP contribution in [-0.4, -0.2) is 7.11 Å². The number of hydrogen-bond acceptors (Lipinski definition) is 2. The second kappa shape index (κ2) is 4.47. The van der Waals surface area contributed by atoms with E-state index in [0.717, 1.165) is 5.56 Å². The molecule has 0 spiro atoms. The van der Waals surface area contributed by atoms with Gasteiger partial charge in [0.25, 0.3) is 5.85 Å². The molecule has 0 amide bonds. The van der Waals surface area contributed by atoms with Gasteiger partial charge in [-0.25, -0.2) is 0 Å². The van der Waals surface area contributed by atoms with Crippen LogP contribution in [0.25, 0.3) is 0 Å². The van der Waals surface area contributed by atoms with Gasteiger partial charge >= 0.3 is 0 Å². The Labute approximate surface area is 86.8 Å². The normalized spacial score (nSPS) is 14.1. The SMILES string of the molecule is COC(c1ccccc1)P(=O)(Cl)Cl. The number of hydrogen-bond donors (Lipinski definition) is 0. The Balaban J connectivity index is 2.99. The van der Waals surface area contributed by atoms with Crippen LogP contribution in [-0.2, 0) is 9.30 Å². The molecule has 1 unspecified atom stereocenters. The largest absolute Gasteiger partial charge is 0.366 e. The zero-order valence-corrected chi connectivity index (χ0v) is 9.39. The molecule has 0 aromatic heterocycles. The average Bonchev–Trinajstić information content (AvgIpc) is 2.05. The molecule has 1 aromatic rings. The summed E-state index contributed by atoms with van der Waals surface area (Å²) < 4.78 is 16.3. The van der Waals surface area contributed by atoms with Gasteiger partial charge in [0.1, 0.15) is 0 Å². The van der Waals surface area contributed by atoms with Crippen LogP contribution in [0.4, 0.5) is 0 Å². The Morgan fingerprint density at radius 1 is 1.31 bits per heavy atom. The highest BCUT2D eigenvalue weighted by Crippen LogP contribution is 2.67. The van der Waals surface area contributed by atoms with Crippen LogP contribution in [0, 0.1) is 0 Å². The average molecular weight is 239 g/mol. The molecule has 0 saturated carbocycles. The van der Waals surface area contributed by atoms with Gasteiger partial charge in [0.05, 0.1) is 0 Å². The fourth-order valence-corrected chi connectivity index (χ4v) is 2.97. The van der Waals surface area contributed by atoms with E-state index in [0.29, 0.717) is 0 Å². The second-order valence-electron chi connectivity index (χ2n) is 2.50. The van der Waals surface area contributed by atoms with Crippen molar-refractivity contribution in [3.05, 3.63) is 35.9 Å². The minimum Gasteiger partial charge on any atom is -0.366 e. The highest BCUT2D eigenvalue weighted by molar-refractivity contribution is 8.08. The number of rotatable bonds is 3. The summed E-state index contributed by atoms with van der Waals surface area (Å²) in [6.07, 6.45) is 0. The molecule has 2 nitrogen and oxygen atoms in total. The van der Waals surface area contributed by atoms with Crippen molar-refractivity contribution in [1.82, 2.24) is 0 Å². The topological polar surface area (TPSA) is 26.3 Å². The molecular formula is C8H9Cl2O2P. The lowest BCUT2D eigenvalue weighted by Gasteiger charge is -2.15. The molecule has 0 radical (unpaired) electrons. The first-order chi connectivity index (χ1) is 6.05. The maximum absolute atomic E-state index is 11.4. The molecule has 0 aliphatic carbocycles. The molecule has 1 aromatic carbocycles. The van der Waals surface area contributed by atoms with Crippen molar-refractivity contribution in [2.45, 2.75) is 5.85 Å². The van der Waals surface area contributed by atoms with Crippen molar-refractivity contribution in [3.8, 4) is 0 Å². The Kier molecular flexibility index (Phi) is 3.81. The van der Waals surface area contributed by atoms with E-state index in [2.05, 4.69) is 0 Å². The molecule has 1 rings (SSSR count). The summed E-state index contributed by atoms with van der Waals surface area (Å²) in [6, 6.07) is 9.01. The third-order valence-corrected chi connectivity index (χ3v) is 3.70. The van der Waals surface area contributed by atoms with Gasteiger partial charge in [-0.1, -0.05) is 30.3 Å². The molecule has 0 fully saturated rings. The van der Waals surface area contributed by atoms with Gasteiger partial charge in [-0.3, -0.25) is 4.57 Å². The molecule has 13 heavy (non-hydrogen) atoms. The van der Waals surface area contributed by atoms with E-state index >= 15 is 0 Å². The monoisotopic (exact) mass is 238 g/mol. The molecular weight excluding hydrogens is 230 g/mol. The molecule has 0 saturated heterocycles. The summed E-state index contributed by atoms with van der Waals surface area (Å²) in [5.41, 5.74) is 0.721. The maximum Gasteiger partial charge on any atom is 0.285 e. The van der Waals surface area contributed by atoms with Crippen LogP contribution in [0.5, 0.6) is 0 Å². The summed E-state index contributed by atoms with van der Waals surface area (Å²) in [5, 5.41) is 0. The van der Waals surface area contributed by atoms with Gasteiger partial charge in [0, 0.05) is 7.11 Å². The van der Waals surface area contributed by atoms with Gasteiger partial charge < -0.3 is 4.74 Å². The first-order valence-corrected chi connectivity index (χ1v) is 7.21. The highest BCUT2D eigenvalue weighted by Gasteiger charge is 2.29. The van der Waals surface area contributed by atoms with E-state index in [1.165, 1.54) is 7.11 Å². The highest BCUT2D eigenvalue weighted by atomic mass is 35.9. The molecule has 0 N–H and O–H groups in total. The van der Waals surface area contributed by atoms with Crippen LogP contribution < -0.4 is 0 Å². The predicted molar refractivity (Wildman–Crippen MR) is 55.5 cm³/mol. The molecule has 0 heterocycles. The van der Waals surface area contributed by atoms with E-state index in [4.69, 9.17) is 27.2 Å². The minimum atomic E-state index is -3.28. The summed E-state index contributed by atoms with van der Waals surface area (Å²) in [7, 11) is 1.43. The van der Waals surface area contributed by atoms with E-state index in [1.807, 2.05) is 18.2 Å². The van der Waals surface area contributed by atoms with Crippen molar-refractivity contribution < 1.29 is 9.30 Å². The van der Waals surface area contributed by atoms with Crippen molar-refractivity contribution in [2.24, 2.45) is 0 Å². The van der Waals surface area contributed by atoms with E-state index < -0.39 is 11.7 Å². The third-order valence-electron chi connectivity index (χ3n) is 1.58. The van der Waals surface area contributed by atoms with E-state index in [-0.39, 0.29) is 0 Å². The Hall–Kier alpha value is -0.0100. The molecule has 5 heteroatoms. The van der Waals surface area contributed by atoms with Gasteiger partial charge in [0.15, 0.2) is 5.85 Å². The second-order valence-corrected chi connectivity index (χ2v) is 7.51. The number of benzene rings is 1. The minimum absolute atomic E-state index is 0.721. The van der Waals surface area contributed by atoms with Gasteiger partial charge in [0.2, 0.25) is 0 Å². The lowest BCUT2D eigenvalue weighted by molar-refractivity contribution is 0.168. The van der Waals surface area contributed by atoms with Crippen molar-refractivity contribution in [1.29, 1.82) is 0 Å². The third kappa shape index (κ3) is 2.99. The van der Waals surface area contributed by atoms with Crippen molar-refractivity contribution in [3.63, 3.8) is 0 Å². The summed E-state index contributed by atoms with van der Waals surface area (Å²) in [4.78, 5) is 0. The van der Waals surface area contributed by atoms with Gasteiger partial charge in [-0.05, 0) is 28.0 Å². The smallest absolute Gasteiger partial charge is 0.285 e.